The normalized spacial score (nSPS) is 38.7. The largest absolute Gasteiger partial charge is 0.465 e. The predicted molar refractivity (Wildman–Crippen MR) is 53.2 cm³/mol. The van der Waals surface area contributed by atoms with Crippen molar-refractivity contribution in [2.45, 2.75) is 44.1 Å². The molecular formula is C10H16N2O3. The summed E-state index contributed by atoms with van der Waals surface area (Å²) in [5.74, 6) is -0.217. The maximum absolute atomic E-state index is 11.3. The molecule has 0 radical (unpaired) electrons. The predicted octanol–water partition coefficient (Wildman–Crippen LogP) is 0.832. The second-order valence-electron chi connectivity index (χ2n) is 4.86. The molecule has 0 unspecified atom stereocenters. The fourth-order valence-electron chi connectivity index (χ4n) is 2.97. The monoisotopic (exact) mass is 212 g/mol. The van der Waals surface area contributed by atoms with Gasteiger partial charge in [-0.05, 0) is 38.5 Å². The molecule has 84 valence electrons. The highest BCUT2D eigenvalue weighted by Gasteiger charge is 2.52. The lowest BCUT2D eigenvalue weighted by atomic mass is 9.57. The van der Waals surface area contributed by atoms with E-state index in [1.807, 2.05) is 0 Å². The first-order valence-electron chi connectivity index (χ1n) is 5.29. The highest BCUT2D eigenvalue weighted by Crippen LogP contribution is 2.52. The van der Waals surface area contributed by atoms with E-state index in [0.717, 1.165) is 38.5 Å². The summed E-state index contributed by atoms with van der Waals surface area (Å²) >= 11 is 0. The summed E-state index contributed by atoms with van der Waals surface area (Å²) in [6.45, 7) is 0. The van der Waals surface area contributed by atoms with Crippen molar-refractivity contribution in [1.29, 1.82) is 0 Å². The molecule has 2 amide bonds. The van der Waals surface area contributed by atoms with E-state index < -0.39 is 6.09 Å². The number of rotatable bonds is 2. The van der Waals surface area contributed by atoms with Gasteiger partial charge in [0.25, 0.3) is 0 Å². The Balaban J connectivity index is 2.10. The van der Waals surface area contributed by atoms with Crippen LogP contribution in [0.4, 0.5) is 4.79 Å². The molecule has 0 aromatic carbocycles. The zero-order valence-electron chi connectivity index (χ0n) is 8.58. The maximum atomic E-state index is 11.3. The molecule has 3 aliphatic rings. The third kappa shape index (κ3) is 1.56. The van der Waals surface area contributed by atoms with Crippen molar-refractivity contribution in [3.63, 3.8) is 0 Å². The number of carbonyl (C=O) groups excluding carboxylic acids is 1. The van der Waals surface area contributed by atoms with Gasteiger partial charge in [0, 0.05) is 11.0 Å². The quantitative estimate of drug-likeness (QED) is 0.633. The Labute approximate surface area is 88.0 Å². The van der Waals surface area contributed by atoms with Crippen molar-refractivity contribution in [1.82, 2.24) is 5.32 Å². The average Bonchev–Trinajstić information content (AvgIpc) is 2.18. The fraction of sp³-hybridized carbons (Fsp3) is 0.800. The van der Waals surface area contributed by atoms with Crippen LogP contribution in [0.25, 0.3) is 0 Å². The van der Waals surface area contributed by atoms with Gasteiger partial charge in [-0.25, -0.2) is 4.79 Å². The van der Waals surface area contributed by atoms with Crippen LogP contribution in [-0.2, 0) is 4.79 Å². The Hall–Kier alpha value is -1.26. The Morgan fingerprint density at radius 3 is 1.87 bits per heavy atom. The lowest BCUT2D eigenvalue weighted by Crippen LogP contribution is -2.59. The minimum Gasteiger partial charge on any atom is -0.465 e. The second-order valence-corrected chi connectivity index (χ2v) is 4.86. The van der Waals surface area contributed by atoms with Crippen molar-refractivity contribution >= 4 is 12.0 Å². The third-order valence-electron chi connectivity index (χ3n) is 4.14. The Morgan fingerprint density at radius 2 is 1.53 bits per heavy atom. The third-order valence-corrected chi connectivity index (χ3v) is 4.14. The first-order valence-corrected chi connectivity index (χ1v) is 5.29. The van der Waals surface area contributed by atoms with Gasteiger partial charge < -0.3 is 16.2 Å². The molecule has 2 bridgehead atoms. The number of nitrogens with two attached hydrogens (primary N) is 1. The van der Waals surface area contributed by atoms with Gasteiger partial charge in [-0.3, -0.25) is 4.79 Å². The van der Waals surface area contributed by atoms with Crippen molar-refractivity contribution in [3.05, 3.63) is 0 Å². The molecule has 0 aromatic rings. The van der Waals surface area contributed by atoms with Gasteiger partial charge in [0.15, 0.2) is 0 Å². The number of carboxylic acid groups (broad SMARTS) is 1. The number of carbonyl (C=O) groups is 2. The summed E-state index contributed by atoms with van der Waals surface area (Å²) in [6.07, 6.45) is 3.42. The van der Waals surface area contributed by atoms with Crippen LogP contribution in [0.1, 0.15) is 38.5 Å². The molecule has 0 atom stereocenters. The smallest absolute Gasteiger partial charge is 0.405 e. The van der Waals surface area contributed by atoms with Gasteiger partial charge in [0.2, 0.25) is 5.91 Å². The van der Waals surface area contributed by atoms with E-state index in [-0.39, 0.29) is 16.9 Å². The van der Waals surface area contributed by atoms with Crippen LogP contribution in [0.2, 0.25) is 0 Å². The minimum atomic E-state index is -0.969. The molecule has 15 heavy (non-hydrogen) atoms. The maximum Gasteiger partial charge on any atom is 0.405 e. The Bertz CT molecular complexity index is 289. The molecule has 0 heterocycles. The van der Waals surface area contributed by atoms with Crippen molar-refractivity contribution in [3.8, 4) is 0 Å². The number of hydrogen-bond acceptors (Lipinski definition) is 2. The van der Waals surface area contributed by atoms with Gasteiger partial charge >= 0.3 is 6.09 Å². The molecule has 4 N–H and O–H groups in total. The van der Waals surface area contributed by atoms with E-state index in [0.29, 0.717) is 0 Å². The number of fused-ring (bicyclic) bond motifs is 3. The lowest BCUT2D eigenvalue weighted by Gasteiger charge is -2.51. The highest BCUT2D eigenvalue weighted by atomic mass is 16.4. The SMILES string of the molecule is NC(=O)C12CCC(NC(=O)O)(CC1)CC2. The second kappa shape index (κ2) is 3.12. The first kappa shape index (κ1) is 10.3. The summed E-state index contributed by atoms with van der Waals surface area (Å²) in [6, 6.07) is 0. The first-order chi connectivity index (χ1) is 6.98. The van der Waals surface area contributed by atoms with E-state index in [4.69, 9.17) is 10.8 Å². The summed E-state index contributed by atoms with van der Waals surface area (Å²) in [7, 11) is 0. The van der Waals surface area contributed by atoms with Crippen LogP contribution in [0.3, 0.4) is 0 Å². The molecule has 3 rings (SSSR count). The number of amides is 2. The Kier molecular flexibility index (Phi) is 2.13. The molecule has 3 fully saturated rings. The number of hydrogen-bond donors (Lipinski definition) is 3. The van der Waals surface area contributed by atoms with Gasteiger partial charge in [-0.15, -0.1) is 0 Å². The topological polar surface area (TPSA) is 92.4 Å². The van der Waals surface area contributed by atoms with Crippen molar-refractivity contribution in [2.24, 2.45) is 11.1 Å². The van der Waals surface area contributed by atoms with Crippen LogP contribution in [0, 0.1) is 5.41 Å². The van der Waals surface area contributed by atoms with Gasteiger partial charge in [0.05, 0.1) is 0 Å². The summed E-state index contributed by atoms with van der Waals surface area (Å²) in [5, 5.41) is 11.4. The van der Waals surface area contributed by atoms with Crippen LogP contribution >= 0.6 is 0 Å². The van der Waals surface area contributed by atoms with Gasteiger partial charge in [-0.1, -0.05) is 0 Å². The molecule has 5 heteroatoms. The molecule has 0 aliphatic heterocycles. The fourth-order valence-corrected chi connectivity index (χ4v) is 2.97. The standard InChI is InChI=1S/C10H16N2O3/c11-7(13)9-1-4-10(5-2-9,6-3-9)12-8(14)15/h12H,1-6H2,(H2,11,13)(H,14,15). The highest BCUT2D eigenvalue weighted by molar-refractivity contribution is 5.81. The van der Waals surface area contributed by atoms with Crippen LogP contribution in [0.5, 0.6) is 0 Å². The molecule has 5 nitrogen and oxygen atoms in total. The summed E-state index contributed by atoms with van der Waals surface area (Å²) < 4.78 is 0. The van der Waals surface area contributed by atoms with E-state index in [1.54, 1.807) is 0 Å². The zero-order valence-corrected chi connectivity index (χ0v) is 8.58. The molecule has 0 saturated heterocycles. The molecule has 3 saturated carbocycles. The van der Waals surface area contributed by atoms with E-state index in [1.165, 1.54) is 0 Å². The summed E-state index contributed by atoms with van der Waals surface area (Å²) in [4.78, 5) is 22.0. The van der Waals surface area contributed by atoms with Crippen molar-refractivity contribution in [2.75, 3.05) is 0 Å². The van der Waals surface area contributed by atoms with Crippen LogP contribution < -0.4 is 11.1 Å². The summed E-state index contributed by atoms with van der Waals surface area (Å²) in [5.41, 5.74) is 4.77. The van der Waals surface area contributed by atoms with E-state index in [2.05, 4.69) is 5.32 Å². The lowest BCUT2D eigenvalue weighted by molar-refractivity contribution is -0.134. The molecule has 3 aliphatic carbocycles. The Morgan fingerprint density at radius 1 is 1.07 bits per heavy atom. The molecule has 0 aromatic heterocycles. The van der Waals surface area contributed by atoms with Gasteiger partial charge in [-0.2, -0.15) is 0 Å². The number of primary amides is 1. The van der Waals surface area contributed by atoms with Crippen LogP contribution in [-0.4, -0.2) is 22.6 Å². The average molecular weight is 212 g/mol. The molecule has 0 spiro atoms. The van der Waals surface area contributed by atoms with E-state index >= 15 is 0 Å². The molecular weight excluding hydrogens is 196 g/mol. The minimum absolute atomic E-state index is 0.217. The number of nitrogens with one attached hydrogen (secondary N) is 1. The van der Waals surface area contributed by atoms with Crippen LogP contribution in [0.15, 0.2) is 0 Å². The van der Waals surface area contributed by atoms with E-state index in [9.17, 15) is 9.59 Å². The van der Waals surface area contributed by atoms with Crippen molar-refractivity contribution < 1.29 is 14.7 Å². The van der Waals surface area contributed by atoms with Gasteiger partial charge in [0.1, 0.15) is 0 Å². The zero-order chi connectivity index (χ0) is 11.1.